The molecule has 1 atom stereocenters. The van der Waals surface area contributed by atoms with Gasteiger partial charge in [0.15, 0.2) is 0 Å². The van der Waals surface area contributed by atoms with Crippen LogP contribution >= 0.6 is 35.0 Å². The number of furan rings is 1. The fraction of sp³-hybridized carbons (Fsp3) is 0.268. The third-order valence-corrected chi connectivity index (χ3v) is 9.83. The number of carbonyl (C=O) groups is 2. The summed E-state index contributed by atoms with van der Waals surface area (Å²) >= 11 is 14.0. The van der Waals surface area contributed by atoms with Crippen molar-refractivity contribution in [2.75, 3.05) is 19.1 Å². The highest BCUT2D eigenvalue weighted by Crippen LogP contribution is 2.37. The molecule has 0 spiro atoms. The Morgan fingerprint density at radius 3 is 2.12 bits per heavy atom. The predicted molar refractivity (Wildman–Crippen MR) is 207 cm³/mol. The first-order valence-electron chi connectivity index (χ1n) is 16.5. The van der Waals surface area contributed by atoms with E-state index in [0.717, 1.165) is 50.5 Å². The number of nitrogens with one attached hydrogen (secondary N) is 1. The summed E-state index contributed by atoms with van der Waals surface area (Å²) in [6.07, 6.45) is 2.45. The van der Waals surface area contributed by atoms with Crippen LogP contribution in [0, 0.1) is 6.92 Å². The number of esters is 1. The van der Waals surface area contributed by atoms with Crippen molar-refractivity contribution in [3.63, 3.8) is 0 Å². The van der Waals surface area contributed by atoms with E-state index in [1.807, 2.05) is 98.1 Å². The molecule has 0 aliphatic carbocycles. The van der Waals surface area contributed by atoms with Gasteiger partial charge in [0.2, 0.25) is 0 Å². The highest BCUT2D eigenvalue weighted by atomic mass is 35.5. The zero-order chi connectivity index (χ0) is 35.8. The summed E-state index contributed by atoms with van der Waals surface area (Å²) in [5.41, 5.74) is 7.27. The van der Waals surface area contributed by atoms with Crippen molar-refractivity contribution in [3.05, 3.63) is 130 Å². The second-order valence-corrected chi connectivity index (χ2v) is 14.4. The van der Waals surface area contributed by atoms with Crippen LogP contribution in [-0.4, -0.2) is 48.0 Å². The minimum absolute atomic E-state index is 0.181. The Labute approximate surface area is 309 Å². The van der Waals surface area contributed by atoms with Gasteiger partial charge in [-0.1, -0.05) is 65.7 Å². The van der Waals surface area contributed by atoms with Crippen LogP contribution in [0.4, 0.5) is 0 Å². The molecule has 1 N–H and O–H groups in total. The third kappa shape index (κ3) is 9.20. The lowest BCUT2D eigenvalue weighted by atomic mass is 9.93. The van der Waals surface area contributed by atoms with Gasteiger partial charge < -0.3 is 14.5 Å². The minimum atomic E-state index is -0.732. The molecule has 0 aliphatic rings. The molecule has 1 amide bonds. The van der Waals surface area contributed by atoms with Gasteiger partial charge >= 0.3 is 5.97 Å². The molecule has 0 saturated carbocycles. The van der Waals surface area contributed by atoms with Gasteiger partial charge in [-0.2, -0.15) is 11.8 Å². The first-order chi connectivity index (χ1) is 24.1. The Morgan fingerprint density at radius 2 is 1.50 bits per heavy atom. The minimum Gasteiger partial charge on any atom is -0.467 e. The van der Waals surface area contributed by atoms with E-state index < -0.39 is 12.0 Å². The van der Waals surface area contributed by atoms with Crippen LogP contribution in [0.2, 0.25) is 10.0 Å². The molecule has 5 rings (SSSR count). The first kappa shape index (κ1) is 37.3. The third-order valence-electron chi connectivity index (χ3n) is 8.69. The molecule has 4 aromatic carbocycles. The van der Waals surface area contributed by atoms with Crippen molar-refractivity contribution >= 4 is 46.8 Å². The molecule has 1 heterocycles. The standard InChI is InChI=1S/C41H42Cl2N2O4S/c1-26(2)45(25-33-23-36(29-11-15-31(42)16-12-29)39(49-33)30-13-17-32(43)18-14-30)24-28-10-19-35(37(22-28)34-9-7-6-8-27(34)3)40(46)44-38(20-21-50-5)41(47)48-4/h6-19,22-23,26,38H,20-21,24-25H2,1-5H3,(H,44,46). The maximum atomic E-state index is 13.8. The number of thioether (sulfide) groups is 1. The fourth-order valence-corrected chi connectivity index (χ4v) is 6.61. The highest BCUT2D eigenvalue weighted by molar-refractivity contribution is 7.98. The molecule has 260 valence electrons. The quantitative estimate of drug-likeness (QED) is 0.115. The smallest absolute Gasteiger partial charge is 0.328 e. The number of rotatable bonds is 14. The van der Waals surface area contributed by atoms with Crippen molar-refractivity contribution in [2.24, 2.45) is 0 Å². The fourth-order valence-electron chi connectivity index (χ4n) is 5.88. The van der Waals surface area contributed by atoms with E-state index >= 15 is 0 Å². The van der Waals surface area contributed by atoms with Crippen molar-refractivity contribution in [1.29, 1.82) is 0 Å². The van der Waals surface area contributed by atoms with Crippen molar-refractivity contribution in [2.45, 2.75) is 52.4 Å². The van der Waals surface area contributed by atoms with Crippen molar-refractivity contribution in [3.8, 4) is 33.6 Å². The number of benzene rings is 4. The summed E-state index contributed by atoms with van der Waals surface area (Å²) in [7, 11) is 1.34. The lowest BCUT2D eigenvalue weighted by Gasteiger charge is -2.26. The number of amides is 1. The van der Waals surface area contributed by atoms with Crippen LogP contribution in [0.3, 0.4) is 0 Å². The molecule has 0 bridgehead atoms. The average Bonchev–Trinajstić information content (AvgIpc) is 3.53. The Hall–Kier alpha value is -4.01. The van der Waals surface area contributed by atoms with E-state index in [1.165, 1.54) is 7.11 Å². The molecular weight excluding hydrogens is 687 g/mol. The molecule has 0 fully saturated rings. The molecule has 0 radical (unpaired) electrons. The summed E-state index contributed by atoms with van der Waals surface area (Å²) in [5, 5.41) is 4.27. The Kier molecular flexibility index (Phi) is 12.9. The van der Waals surface area contributed by atoms with E-state index in [1.54, 1.807) is 11.8 Å². The van der Waals surface area contributed by atoms with Crippen LogP contribution in [0.15, 0.2) is 101 Å². The van der Waals surface area contributed by atoms with Gasteiger partial charge in [0, 0.05) is 39.3 Å². The molecule has 1 aromatic heterocycles. The van der Waals surface area contributed by atoms with Gasteiger partial charge in [-0.3, -0.25) is 9.69 Å². The second-order valence-electron chi connectivity index (χ2n) is 12.5. The number of nitrogens with zero attached hydrogens (tertiary/aromatic N) is 1. The molecule has 0 aliphatic heterocycles. The second kappa shape index (κ2) is 17.3. The summed E-state index contributed by atoms with van der Waals surface area (Å²) < 4.78 is 11.6. The number of carbonyl (C=O) groups excluding carboxylic acids is 2. The van der Waals surface area contributed by atoms with Gasteiger partial charge in [-0.25, -0.2) is 4.79 Å². The van der Waals surface area contributed by atoms with Gasteiger partial charge in [-0.15, -0.1) is 0 Å². The zero-order valence-corrected chi connectivity index (χ0v) is 31.3. The average molecular weight is 730 g/mol. The summed E-state index contributed by atoms with van der Waals surface area (Å²) in [4.78, 5) is 28.6. The molecule has 0 saturated heterocycles. The molecule has 50 heavy (non-hydrogen) atoms. The number of methoxy groups -OCH3 is 1. The van der Waals surface area contributed by atoms with E-state index in [4.69, 9.17) is 32.4 Å². The van der Waals surface area contributed by atoms with Gasteiger partial charge in [-0.05, 0) is 122 Å². The molecule has 1 unspecified atom stereocenters. The van der Waals surface area contributed by atoms with Crippen molar-refractivity contribution in [1.82, 2.24) is 10.2 Å². The maximum absolute atomic E-state index is 13.8. The summed E-state index contributed by atoms with van der Waals surface area (Å²) in [6, 6.07) is 30.9. The lowest BCUT2D eigenvalue weighted by molar-refractivity contribution is -0.142. The van der Waals surface area contributed by atoms with Crippen LogP contribution < -0.4 is 5.32 Å². The number of hydrogen-bond acceptors (Lipinski definition) is 6. The van der Waals surface area contributed by atoms with E-state index in [2.05, 4.69) is 36.2 Å². The number of halogens is 2. The van der Waals surface area contributed by atoms with E-state index in [0.29, 0.717) is 40.9 Å². The van der Waals surface area contributed by atoms with Gasteiger partial charge in [0.05, 0.1) is 13.7 Å². The predicted octanol–water partition coefficient (Wildman–Crippen LogP) is 10.3. The van der Waals surface area contributed by atoms with Gasteiger partial charge in [0.25, 0.3) is 5.91 Å². The van der Waals surface area contributed by atoms with Crippen LogP contribution in [-0.2, 0) is 22.6 Å². The number of ether oxygens (including phenoxy) is 1. The van der Waals surface area contributed by atoms with Crippen LogP contribution in [0.25, 0.3) is 33.6 Å². The summed E-state index contributed by atoms with van der Waals surface area (Å²) in [6.45, 7) is 7.53. The Morgan fingerprint density at radius 1 is 0.840 bits per heavy atom. The normalized spacial score (nSPS) is 11.9. The Bertz CT molecular complexity index is 1860. The molecule has 6 nitrogen and oxygen atoms in total. The number of aryl methyl sites for hydroxylation is 1. The highest BCUT2D eigenvalue weighted by Gasteiger charge is 2.25. The van der Waals surface area contributed by atoms with Gasteiger partial charge in [0.1, 0.15) is 17.6 Å². The molecular formula is C41H42Cl2N2O4S. The topological polar surface area (TPSA) is 71.8 Å². The first-order valence-corrected chi connectivity index (χ1v) is 18.7. The lowest BCUT2D eigenvalue weighted by Crippen LogP contribution is -2.42. The van der Waals surface area contributed by atoms with E-state index in [-0.39, 0.29) is 11.9 Å². The summed E-state index contributed by atoms with van der Waals surface area (Å²) in [5.74, 6) is 1.54. The zero-order valence-electron chi connectivity index (χ0n) is 29.0. The number of hydrogen-bond donors (Lipinski definition) is 1. The SMILES string of the molecule is COC(=O)C(CCSC)NC(=O)c1ccc(CN(Cc2cc(-c3ccc(Cl)cc3)c(-c3ccc(Cl)cc3)o2)C(C)C)cc1-c1ccccc1C. The maximum Gasteiger partial charge on any atom is 0.328 e. The monoisotopic (exact) mass is 728 g/mol. The largest absolute Gasteiger partial charge is 0.467 e. The molecule has 9 heteroatoms. The molecule has 5 aromatic rings. The van der Waals surface area contributed by atoms with Crippen LogP contribution in [0.5, 0.6) is 0 Å². The van der Waals surface area contributed by atoms with E-state index in [9.17, 15) is 9.59 Å². The Balaban J connectivity index is 1.47. The van der Waals surface area contributed by atoms with Crippen LogP contribution in [0.1, 0.15) is 47.5 Å². The van der Waals surface area contributed by atoms with Crippen molar-refractivity contribution < 1.29 is 18.7 Å².